The van der Waals surface area contributed by atoms with E-state index in [1.165, 1.54) is 4.90 Å². The van der Waals surface area contributed by atoms with Gasteiger partial charge in [0.05, 0.1) is 30.4 Å². The minimum atomic E-state index is -0.881. The number of hydrogen-bond acceptors (Lipinski definition) is 6. The minimum Gasteiger partial charge on any atom is -0.507 e. The molecule has 1 aliphatic heterocycles. The summed E-state index contributed by atoms with van der Waals surface area (Å²) in [4.78, 5) is 31.9. The van der Waals surface area contributed by atoms with Gasteiger partial charge in [0.2, 0.25) is 0 Å². The molecule has 33 heavy (non-hydrogen) atoms. The number of aromatic nitrogens is 1. The van der Waals surface area contributed by atoms with Gasteiger partial charge in [0.1, 0.15) is 11.5 Å². The Morgan fingerprint density at radius 3 is 2.45 bits per heavy atom. The zero-order valence-corrected chi connectivity index (χ0v) is 18.4. The van der Waals surface area contributed by atoms with E-state index in [4.69, 9.17) is 10.00 Å². The Kier molecular flexibility index (Phi) is 5.67. The Labute approximate surface area is 191 Å². The summed E-state index contributed by atoms with van der Waals surface area (Å²) in [5.74, 6) is -1.16. The number of anilines is 1. The predicted molar refractivity (Wildman–Crippen MR) is 123 cm³/mol. The number of ether oxygens (including phenoxy) is 1. The zero-order chi connectivity index (χ0) is 23.7. The van der Waals surface area contributed by atoms with Crippen LogP contribution in [0.25, 0.3) is 5.76 Å². The standard InChI is InChI=1S/C26H21N3O4/c1-15-12-21(33-3)16(2)11-20(15)24(30)22-23(18-5-4-10-28-14-18)29(26(32)25(22)31)19-8-6-17(13-27)7-9-19/h4-12,14,23,30H,1-3H3/b24-22+. The topological polar surface area (TPSA) is 104 Å². The number of amides is 1. The largest absolute Gasteiger partial charge is 0.507 e. The molecule has 2 aromatic carbocycles. The van der Waals surface area contributed by atoms with Crippen LogP contribution in [0.3, 0.4) is 0 Å². The number of Topliss-reactive ketones (excluding diaryl/α,β-unsaturated/α-hetero) is 1. The molecule has 1 aromatic heterocycles. The maximum atomic E-state index is 13.2. The van der Waals surface area contributed by atoms with Gasteiger partial charge in [-0.1, -0.05) is 6.07 Å². The Morgan fingerprint density at radius 1 is 1.12 bits per heavy atom. The van der Waals surface area contributed by atoms with E-state index in [-0.39, 0.29) is 11.3 Å². The van der Waals surface area contributed by atoms with Crippen molar-refractivity contribution in [3.05, 3.63) is 94.3 Å². The highest BCUT2D eigenvalue weighted by atomic mass is 16.5. The molecule has 164 valence electrons. The van der Waals surface area contributed by atoms with E-state index in [1.807, 2.05) is 13.0 Å². The molecule has 0 aliphatic carbocycles. The SMILES string of the molecule is COc1cc(C)c(/C(O)=C2\C(=O)C(=O)N(c3ccc(C#N)cc3)C2c2cccnc2)cc1C. The molecule has 0 spiro atoms. The van der Waals surface area contributed by atoms with Gasteiger partial charge in [-0.3, -0.25) is 19.5 Å². The average molecular weight is 439 g/mol. The van der Waals surface area contributed by atoms with Crippen molar-refractivity contribution in [1.82, 2.24) is 4.98 Å². The first-order chi connectivity index (χ1) is 15.9. The van der Waals surface area contributed by atoms with Gasteiger partial charge in [-0.05, 0) is 73.0 Å². The summed E-state index contributed by atoms with van der Waals surface area (Å²) in [5, 5.41) is 20.4. The van der Waals surface area contributed by atoms with Crippen molar-refractivity contribution in [2.75, 3.05) is 12.0 Å². The van der Waals surface area contributed by atoms with E-state index in [1.54, 1.807) is 75.0 Å². The Balaban J connectivity index is 1.95. The fourth-order valence-corrected chi connectivity index (χ4v) is 4.06. The van der Waals surface area contributed by atoms with E-state index >= 15 is 0 Å². The van der Waals surface area contributed by atoms with Gasteiger partial charge < -0.3 is 9.84 Å². The first kappa shape index (κ1) is 21.8. The number of hydrogen-bond donors (Lipinski definition) is 1. The number of benzene rings is 2. The minimum absolute atomic E-state index is 0.0231. The molecule has 1 saturated heterocycles. The van der Waals surface area contributed by atoms with Gasteiger partial charge in [-0.15, -0.1) is 0 Å². The van der Waals surface area contributed by atoms with Crippen LogP contribution in [0.5, 0.6) is 5.75 Å². The molecule has 2 heterocycles. The molecule has 0 bridgehead atoms. The van der Waals surface area contributed by atoms with Crippen LogP contribution in [-0.2, 0) is 9.59 Å². The van der Waals surface area contributed by atoms with E-state index in [0.29, 0.717) is 33.7 Å². The number of aliphatic hydroxyl groups excluding tert-OH is 1. The Hall–Kier alpha value is -4.44. The van der Waals surface area contributed by atoms with Crippen molar-refractivity contribution in [1.29, 1.82) is 5.26 Å². The fourth-order valence-electron chi connectivity index (χ4n) is 4.06. The molecule has 1 aliphatic rings. The third-order valence-corrected chi connectivity index (χ3v) is 5.72. The van der Waals surface area contributed by atoms with E-state index in [9.17, 15) is 14.7 Å². The third-order valence-electron chi connectivity index (χ3n) is 5.72. The van der Waals surface area contributed by atoms with Crippen molar-refractivity contribution < 1.29 is 19.4 Å². The van der Waals surface area contributed by atoms with Gasteiger partial charge in [-0.2, -0.15) is 5.26 Å². The maximum absolute atomic E-state index is 13.2. The highest BCUT2D eigenvalue weighted by Crippen LogP contribution is 2.42. The normalized spacial score (nSPS) is 17.2. The predicted octanol–water partition coefficient (Wildman–Crippen LogP) is 4.21. The smallest absolute Gasteiger partial charge is 0.300 e. The maximum Gasteiger partial charge on any atom is 0.300 e. The zero-order valence-electron chi connectivity index (χ0n) is 18.4. The lowest BCUT2D eigenvalue weighted by Gasteiger charge is -2.25. The third kappa shape index (κ3) is 3.72. The molecule has 1 fully saturated rings. The number of methoxy groups -OCH3 is 1. The lowest BCUT2D eigenvalue weighted by Crippen LogP contribution is -2.29. The van der Waals surface area contributed by atoms with Crippen LogP contribution in [0, 0.1) is 25.2 Å². The molecule has 3 aromatic rings. The fraction of sp³-hybridized carbons (Fsp3) is 0.154. The second-order valence-electron chi connectivity index (χ2n) is 7.75. The van der Waals surface area contributed by atoms with Gasteiger partial charge in [0.15, 0.2) is 0 Å². The summed E-state index contributed by atoms with van der Waals surface area (Å²) >= 11 is 0. The highest BCUT2D eigenvalue weighted by Gasteiger charge is 2.47. The van der Waals surface area contributed by atoms with Crippen molar-refractivity contribution >= 4 is 23.1 Å². The number of ketones is 1. The van der Waals surface area contributed by atoms with E-state index < -0.39 is 17.7 Å². The molecule has 7 nitrogen and oxygen atoms in total. The number of carbonyl (C=O) groups is 2. The molecule has 0 saturated carbocycles. The Morgan fingerprint density at radius 2 is 1.85 bits per heavy atom. The van der Waals surface area contributed by atoms with E-state index in [0.717, 1.165) is 5.56 Å². The van der Waals surface area contributed by atoms with Gasteiger partial charge in [-0.25, -0.2) is 0 Å². The summed E-state index contributed by atoms with van der Waals surface area (Å²) < 4.78 is 5.35. The lowest BCUT2D eigenvalue weighted by atomic mass is 9.93. The number of pyridine rings is 1. The summed E-state index contributed by atoms with van der Waals surface area (Å²) in [6, 6.07) is 14.5. The molecule has 1 N–H and O–H groups in total. The van der Waals surface area contributed by atoms with Crippen LogP contribution < -0.4 is 9.64 Å². The van der Waals surface area contributed by atoms with Gasteiger partial charge in [0.25, 0.3) is 11.7 Å². The summed E-state index contributed by atoms with van der Waals surface area (Å²) in [6.45, 7) is 3.63. The summed E-state index contributed by atoms with van der Waals surface area (Å²) in [5.41, 5.74) is 3.34. The molecule has 4 rings (SSSR count). The van der Waals surface area contributed by atoms with Crippen molar-refractivity contribution in [3.8, 4) is 11.8 Å². The first-order valence-electron chi connectivity index (χ1n) is 10.2. The van der Waals surface area contributed by atoms with E-state index in [2.05, 4.69) is 4.98 Å². The van der Waals surface area contributed by atoms with Gasteiger partial charge in [0, 0.05) is 23.6 Å². The molecule has 1 atom stereocenters. The number of rotatable bonds is 4. The van der Waals surface area contributed by atoms with Crippen molar-refractivity contribution in [3.63, 3.8) is 0 Å². The number of carbonyl (C=O) groups excluding carboxylic acids is 2. The number of nitriles is 1. The molecule has 0 radical (unpaired) electrons. The van der Waals surface area contributed by atoms with Crippen LogP contribution in [-0.4, -0.2) is 28.9 Å². The van der Waals surface area contributed by atoms with Crippen LogP contribution in [0.4, 0.5) is 5.69 Å². The number of aliphatic hydroxyl groups is 1. The molecule has 1 amide bonds. The van der Waals surface area contributed by atoms with Crippen LogP contribution in [0.15, 0.2) is 66.5 Å². The quantitative estimate of drug-likeness (QED) is 0.371. The highest BCUT2D eigenvalue weighted by molar-refractivity contribution is 6.51. The lowest BCUT2D eigenvalue weighted by molar-refractivity contribution is -0.132. The first-order valence-corrected chi connectivity index (χ1v) is 10.2. The summed E-state index contributed by atoms with van der Waals surface area (Å²) in [7, 11) is 1.56. The second kappa shape index (κ2) is 8.60. The monoisotopic (exact) mass is 439 g/mol. The Bertz CT molecular complexity index is 1320. The van der Waals surface area contributed by atoms with Gasteiger partial charge >= 0.3 is 0 Å². The average Bonchev–Trinajstić information content (AvgIpc) is 3.10. The second-order valence-corrected chi connectivity index (χ2v) is 7.75. The van der Waals surface area contributed by atoms with Crippen LogP contribution >= 0.6 is 0 Å². The molecule has 7 heteroatoms. The number of nitrogens with zero attached hydrogens (tertiary/aromatic N) is 3. The summed E-state index contributed by atoms with van der Waals surface area (Å²) in [6.07, 6.45) is 3.15. The molecule has 1 unspecified atom stereocenters. The molecular formula is C26H21N3O4. The van der Waals surface area contributed by atoms with Crippen LogP contribution in [0.1, 0.15) is 33.9 Å². The van der Waals surface area contributed by atoms with Crippen molar-refractivity contribution in [2.45, 2.75) is 19.9 Å². The molecular weight excluding hydrogens is 418 g/mol. The number of aryl methyl sites for hydroxylation is 2. The van der Waals surface area contributed by atoms with Crippen LogP contribution in [0.2, 0.25) is 0 Å². The van der Waals surface area contributed by atoms with Crippen molar-refractivity contribution in [2.24, 2.45) is 0 Å².